The molecule has 4 nitrogen and oxygen atoms in total. The van der Waals surface area contributed by atoms with Gasteiger partial charge in [0.2, 0.25) is 0 Å². The molecular weight excluding hydrogens is 206 g/mol. The zero-order chi connectivity index (χ0) is 11.8. The minimum atomic E-state index is -0.477. The van der Waals surface area contributed by atoms with Crippen molar-refractivity contribution < 1.29 is 13.9 Å². The average molecular weight is 221 g/mol. The molecule has 0 unspecified atom stereocenters. The second kappa shape index (κ2) is 6.70. The van der Waals surface area contributed by atoms with Crippen LogP contribution in [0.3, 0.4) is 0 Å². The molecule has 1 aromatic rings. The number of esters is 1. The van der Waals surface area contributed by atoms with Gasteiger partial charge in [0, 0.05) is 6.42 Å². The van der Waals surface area contributed by atoms with Crippen molar-refractivity contribution in [1.29, 1.82) is 0 Å². The van der Waals surface area contributed by atoms with Crippen molar-refractivity contribution in [3.8, 4) is 12.3 Å². The fourth-order valence-electron chi connectivity index (χ4n) is 1.24. The molecular formula is C12H15NO3. The van der Waals surface area contributed by atoms with Gasteiger partial charge >= 0.3 is 5.97 Å². The third-order valence-corrected chi connectivity index (χ3v) is 2.00. The lowest BCUT2D eigenvalue weighted by molar-refractivity contribution is -0.145. The Kier molecular flexibility index (Phi) is 5.17. The standard InChI is InChI=1S/C12H15NO3/c1-3-6-11(12(14)15-4-2)13-9-10-7-5-8-16-10/h1,5,7-8,11,13H,4,6,9H2,2H3/t11-/m1/s1. The Labute approximate surface area is 95.0 Å². The Morgan fingerprint density at radius 2 is 2.56 bits per heavy atom. The van der Waals surface area contributed by atoms with Gasteiger partial charge in [0.05, 0.1) is 19.4 Å². The maximum Gasteiger partial charge on any atom is 0.324 e. The first-order valence-corrected chi connectivity index (χ1v) is 5.13. The van der Waals surface area contributed by atoms with Crippen molar-refractivity contribution in [3.05, 3.63) is 24.2 Å². The summed E-state index contributed by atoms with van der Waals surface area (Å²) in [5.74, 6) is 2.87. The summed E-state index contributed by atoms with van der Waals surface area (Å²) in [5.41, 5.74) is 0. The van der Waals surface area contributed by atoms with Gasteiger partial charge in [0.1, 0.15) is 11.8 Å². The topological polar surface area (TPSA) is 51.5 Å². The molecule has 0 aliphatic carbocycles. The van der Waals surface area contributed by atoms with Gasteiger partial charge in [0.15, 0.2) is 0 Å². The quantitative estimate of drug-likeness (QED) is 0.581. The lowest BCUT2D eigenvalue weighted by Crippen LogP contribution is -2.37. The van der Waals surface area contributed by atoms with Crippen LogP contribution in [-0.4, -0.2) is 18.6 Å². The van der Waals surface area contributed by atoms with E-state index >= 15 is 0 Å². The van der Waals surface area contributed by atoms with E-state index in [1.165, 1.54) is 0 Å². The number of furan rings is 1. The second-order valence-corrected chi connectivity index (χ2v) is 3.17. The second-order valence-electron chi connectivity index (χ2n) is 3.17. The van der Waals surface area contributed by atoms with Gasteiger partial charge in [-0.1, -0.05) is 0 Å². The van der Waals surface area contributed by atoms with Gasteiger partial charge in [-0.25, -0.2) is 0 Å². The Balaban J connectivity index is 2.45. The van der Waals surface area contributed by atoms with E-state index in [0.29, 0.717) is 19.6 Å². The molecule has 0 fully saturated rings. The maximum atomic E-state index is 11.5. The summed E-state index contributed by atoms with van der Waals surface area (Å²) in [6.45, 7) is 2.57. The van der Waals surface area contributed by atoms with Crippen LogP contribution in [0.15, 0.2) is 22.8 Å². The molecule has 0 aromatic carbocycles. The molecule has 1 atom stereocenters. The lowest BCUT2D eigenvalue weighted by Gasteiger charge is -2.13. The number of carbonyl (C=O) groups excluding carboxylic acids is 1. The minimum absolute atomic E-state index is 0.305. The molecule has 16 heavy (non-hydrogen) atoms. The number of nitrogens with one attached hydrogen (secondary N) is 1. The third-order valence-electron chi connectivity index (χ3n) is 2.00. The maximum absolute atomic E-state index is 11.5. The molecule has 1 N–H and O–H groups in total. The summed E-state index contributed by atoms with van der Waals surface area (Å²) >= 11 is 0. The van der Waals surface area contributed by atoms with E-state index in [0.717, 1.165) is 5.76 Å². The molecule has 0 saturated carbocycles. The Morgan fingerprint density at radius 1 is 1.75 bits per heavy atom. The van der Waals surface area contributed by atoms with Crippen molar-refractivity contribution in [1.82, 2.24) is 5.32 Å². The van der Waals surface area contributed by atoms with E-state index in [2.05, 4.69) is 11.2 Å². The molecule has 1 rings (SSSR count). The number of hydrogen-bond acceptors (Lipinski definition) is 4. The van der Waals surface area contributed by atoms with Gasteiger partial charge in [-0.3, -0.25) is 10.1 Å². The van der Waals surface area contributed by atoms with Crippen molar-refractivity contribution in [2.75, 3.05) is 6.61 Å². The van der Waals surface area contributed by atoms with Crippen LogP contribution in [0.5, 0.6) is 0 Å². The van der Waals surface area contributed by atoms with Crippen LogP contribution in [-0.2, 0) is 16.1 Å². The van der Waals surface area contributed by atoms with Crippen molar-refractivity contribution >= 4 is 5.97 Å². The van der Waals surface area contributed by atoms with Crippen LogP contribution in [0, 0.1) is 12.3 Å². The van der Waals surface area contributed by atoms with Crippen LogP contribution in [0.4, 0.5) is 0 Å². The molecule has 4 heteroatoms. The van der Waals surface area contributed by atoms with Gasteiger partial charge < -0.3 is 9.15 Å². The normalized spacial score (nSPS) is 11.8. The first-order chi connectivity index (χ1) is 7.77. The molecule has 0 amide bonds. The molecule has 0 aliphatic rings. The zero-order valence-corrected chi connectivity index (χ0v) is 9.23. The summed E-state index contributed by atoms with van der Waals surface area (Å²) in [6, 6.07) is 3.14. The molecule has 86 valence electrons. The predicted molar refractivity (Wildman–Crippen MR) is 59.4 cm³/mol. The molecule has 0 radical (unpaired) electrons. The number of carbonyl (C=O) groups is 1. The van der Waals surface area contributed by atoms with Crippen molar-refractivity contribution in [2.24, 2.45) is 0 Å². The summed E-state index contributed by atoms with van der Waals surface area (Å²) in [4.78, 5) is 11.5. The molecule has 0 aliphatic heterocycles. The monoisotopic (exact) mass is 221 g/mol. The third kappa shape index (κ3) is 3.79. The fourth-order valence-corrected chi connectivity index (χ4v) is 1.24. The fraction of sp³-hybridized carbons (Fsp3) is 0.417. The van der Waals surface area contributed by atoms with Crippen LogP contribution in [0.25, 0.3) is 0 Å². The van der Waals surface area contributed by atoms with E-state index in [9.17, 15) is 4.79 Å². The van der Waals surface area contributed by atoms with Crippen LogP contribution in [0.2, 0.25) is 0 Å². The highest BCUT2D eigenvalue weighted by molar-refractivity contribution is 5.76. The van der Waals surface area contributed by atoms with E-state index < -0.39 is 6.04 Å². The highest BCUT2D eigenvalue weighted by atomic mass is 16.5. The van der Waals surface area contributed by atoms with Gasteiger partial charge in [0.25, 0.3) is 0 Å². The highest BCUT2D eigenvalue weighted by Gasteiger charge is 2.18. The van der Waals surface area contributed by atoms with Crippen LogP contribution < -0.4 is 5.32 Å². The average Bonchev–Trinajstić information content (AvgIpc) is 2.77. The van der Waals surface area contributed by atoms with Gasteiger partial charge in [-0.15, -0.1) is 12.3 Å². The molecule has 0 spiro atoms. The minimum Gasteiger partial charge on any atom is -0.468 e. The van der Waals surface area contributed by atoms with E-state index in [1.807, 2.05) is 6.07 Å². The Hall–Kier alpha value is -1.73. The first kappa shape index (κ1) is 12.3. The number of terminal acetylenes is 1. The molecule has 0 bridgehead atoms. The smallest absolute Gasteiger partial charge is 0.324 e. The molecule has 1 aromatic heterocycles. The van der Waals surface area contributed by atoms with E-state index in [1.54, 1.807) is 19.3 Å². The van der Waals surface area contributed by atoms with Crippen LogP contribution >= 0.6 is 0 Å². The van der Waals surface area contributed by atoms with E-state index in [-0.39, 0.29) is 5.97 Å². The summed E-state index contributed by atoms with van der Waals surface area (Å²) < 4.78 is 10.0. The van der Waals surface area contributed by atoms with Crippen LogP contribution in [0.1, 0.15) is 19.1 Å². The molecule has 1 heterocycles. The Bertz CT molecular complexity index is 351. The highest BCUT2D eigenvalue weighted by Crippen LogP contribution is 2.02. The summed E-state index contributed by atoms with van der Waals surface area (Å²) in [7, 11) is 0. The van der Waals surface area contributed by atoms with Crippen molar-refractivity contribution in [2.45, 2.75) is 25.9 Å². The van der Waals surface area contributed by atoms with Gasteiger partial charge in [-0.05, 0) is 19.1 Å². The first-order valence-electron chi connectivity index (χ1n) is 5.13. The lowest BCUT2D eigenvalue weighted by atomic mass is 10.2. The SMILES string of the molecule is C#CC[C@@H](NCc1ccco1)C(=O)OCC. The van der Waals surface area contributed by atoms with E-state index in [4.69, 9.17) is 15.6 Å². The Morgan fingerprint density at radius 3 is 3.12 bits per heavy atom. The van der Waals surface area contributed by atoms with Crippen molar-refractivity contribution in [3.63, 3.8) is 0 Å². The molecule has 0 saturated heterocycles. The summed E-state index contributed by atoms with van der Waals surface area (Å²) in [5, 5.41) is 3.00. The zero-order valence-electron chi connectivity index (χ0n) is 9.23. The summed E-state index contributed by atoms with van der Waals surface area (Å²) in [6.07, 6.45) is 7.08. The number of ether oxygens (including phenoxy) is 1. The van der Waals surface area contributed by atoms with Gasteiger partial charge in [-0.2, -0.15) is 0 Å². The number of rotatable bonds is 6. The predicted octanol–water partition coefficient (Wildman–Crippen LogP) is 1.32. The number of hydrogen-bond donors (Lipinski definition) is 1. The largest absolute Gasteiger partial charge is 0.468 e.